The first-order chi connectivity index (χ1) is 8.24. The number of ether oxygens (including phenoxy) is 1. The van der Waals surface area contributed by atoms with Crippen molar-refractivity contribution in [1.29, 1.82) is 0 Å². The highest BCUT2D eigenvalue weighted by Crippen LogP contribution is 2.26. The number of benzene rings is 1. The maximum atomic E-state index is 5.95. The molecule has 0 spiro atoms. The van der Waals surface area contributed by atoms with E-state index in [1.165, 1.54) is 6.33 Å². The molecule has 3 nitrogen and oxygen atoms in total. The molecule has 2 aromatic rings. The zero-order chi connectivity index (χ0) is 12.3. The molecule has 0 saturated carbocycles. The van der Waals surface area contributed by atoms with Crippen molar-refractivity contribution in [2.24, 2.45) is 0 Å². The van der Waals surface area contributed by atoms with Gasteiger partial charge in [0.1, 0.15) is 6.33 Å². The first-order valence-corrected chi connectivity index (χ1v) is 5.25. The van der Waals surface area contributed by atoms with E-state index in [9.17, 15) is 0 Å². The van der Waals surface area contributed by atoms with Gasteiger partial charge in [0.2, 0.25) is 5.88 Å². The maximum Gasteiger partial charge on any atom is 0.216 e. The van der Waals surface area contributed by atoms with Crippen LogP contribution < -0.4 is 4.74 Å². The van der Waals surface area contributed by atoms with Gasteiger partial charge in [-0.15, -0.1) is 6.42 Å². The Hall–Kier alpha value is -2.05. The van der Waals surface area contributed by atoms with E-state index < -0.39 is 0 Å². The molecule has 0 N–H and O–H groups in total. The molecule has 1 aromatic carbocycles. The normalized spacial score (nSPS) is 9.71. The van der Waals surface area contributed by atoms with Gasteiger partial charge < -0.3 is 4.74 Å². The molecule has 17 heavy (non-hydrogen) atoms. The lowest BCUT2D eigenvalue weighted by Gasteiger charge is -2.06. The molecule has 0 fully saturated rings. The summed E-state index contributed by atoms with van der Waals surface area (Å²) in [5.74, 6) is 3.08. The fourth-order valence-electron chi connectivity index (χ4n) is 1.45. The van der Waals surface area contributed by atoms with Gasteiger partial charge in [-0.05, 0) is 18.2 Å². The molecule has 84 valence electrons. The van der Waals surface area contributed by atoms with Gasteiger partial charge in [0.15, 0.2) is 0 Å². The topological polar surface area (TPSA) is 35.0 Å². The Morgan fingerprint density at radius 1 is 1.29 bits per heavy atom. The predicted molar refractivity (Wildman–Crippen MR) is 67.0 cm³/mol. The number of halogens is 1. The van der Waals surface area contributed by atoms with Crippen LogP contribution >= 0.6 is 11.6 Å². The number of hydrogen-bond donors (Lipinski definition) is 0. The first-order valence-electron chi connectivity index (χ1n) is 4.87. The third-order valence-electron chi connectivity index (χ3n) is 2.26. The number of hydrogen-bond acceptors (Lipinski definition) is 3. The van der Waals surface area contributed by atoms with Crippen molar-refractivity contribution in [2.45, 2.75) is 0 Å². The average molecular weight is 245 g/mol. The van der Waals surface area contributed by atoms with Crippen LogP contribution in [-0.4, -0.2) is 17.1 Å². The lowest BCUT2D eigenvalue weighted by molar-refractivity contribution is 0.397. The van der Waals surface area contributed by atoms with E-state index in [1.54, 1.807) is 31.4 Å². The van der Waals surface area contributed by atoms with E-state index >= 15 is 0 Å². The zero-order valence-corrected chi connectivity index (χ0v) is 9.90. The van der Waals surface area contributed by atoms with Crippen LogP contribution in [0.5, 0.6) is 5.88 Å². The molecule has 0 amide bonds. The third kappa shape index (κ3) is 2.38. The van der Waals surface area contributed by atoms with Crippen LogP contribution in [-0.2, 0) is 0 Å². The summed E-state index contributed by atoms with van der Waals surface area (Å²) in [5, 5.41) is 0.608. The number of terminal acetylenes is 1. The lowest BCUT2D eigenvalue weighted by Crippen LogP contribution is -1.92. The van der Waals surface area contributed by atoms with Crippen molar-refractivity contribution in [2.75, 3.05) is 7.11 Å². The fourth-order valence-corrected chi connectivity index (χ4v) is 1.62. The summed E-state index contributed by atoms with van der Waals surface area (Å²) >= 11 is 5.95. The Morgan fingerprint density at radius 3 is 2.82 bits per heavy atom. The number of aromatic nitrogens is 2. The van der Waals surface area contributed by atoms with Gasteiger partial charge in [0.05, 0.1) is 12.8 Å². The van der Waals surface area contributed by atoms with Gasteiger partial charge in [0, 0.05) is 22.2 Å². The second-order valence-corrected chi connectivity index (χ2v) is 3.72. The SMILES string of the molecule is C#Cc1ccc(Cl)cc1-c1cc(OC)ncn1. The minimum Gasteiger partial charge on any atom is -0.481 e. The molecule has 2 rings (SSSR count). The van der Waals surface area contributed by atoms with Gasteiger partial charge in [-0.3, -0.25) is 0 Å². The van der Waals surface area contributed by atoms with Gasteiger partial charge in [0.25, 0.3) is 0 Å². The van der Waals surface area contributed by atoms with Gasteiger partial charge in [-0.25, -0.2) is 9.97 Å². The van der Waals surface area contributed by atoms with E-state index in [1.807, 2.05) is 0 Å². The number of methoxy groups -OCH3 is 1. The van der Waals surface area contributed by atoms with Crippen LogP contribution in [0.15, 0.2) is 30.6 Å². The molecule has 0 bridgehead atoms. The van der Waals surface area contributed by atoms with E-state index in [0.29, 0.717) is 16.6 Å². The van der Waals surface area contributed by atoms with Crippen molar-refractivity contribution in [1.82, 2.24) is 9.97 Å². The summed E-state index contributed by atoms with van der Waals surface area (Å²) in [6.45, 7) is 0. The lowest BCUT2D eigenvalue weighted by atomic mass is 10.1. The smallest absolute Gasteiger partial charge is 0.216 e. The summed E-state index contributed by atoms with van der Waals surface area (Å²) in [5.41, 5.74) is 2.21. The predicted octanol–water partition coefficient (Wildman–Crippen LogP) is 2.79. The molecule has 4 heteroatoms. The van der Waals surface area contributed by atoms with Crippen LogP contribution in [0, 0.1) is 12.3 Å². The van der Waals surface area contributed by atoms with Crippen molar-refractivity contribution in [3.05, 3.63) is 41.2 Å². The van der Waals surface area contributed by atoms with Crippen LogP contribution in [0.25, 0.3) is 11.3 Å². The molecule has 1 aromatic heterocycles. The molecule has 0 aliphatic rings. The molecule has 0 aliphatic carbocycles. The fraction of sp³-hybridized carbons (Fsp3) is 0.0769. The Labute approximate surface area is 104 Å². The van der Waals surface area contributed by atoms with E-state index in [-0.39, 0.29) is 0 Å². The number of nitrogens with zero attached hydrogens (tertiary/aromatic N) is 2. The second-order valence-electron chi connectivity index (χ2n) is 3.28. The monoisotopic (exact) mass is 244 g/mol. The summed E-state index contributed by atoms with van der Waals surface area (Å²) in [7, 11) is 1.55. The van der Waals surface area contributed by atoms with E-state index in [2.05, 4.69) is 15.9 Å². The highest BCUT2D eigenvalue weighted by atomic mass is 35.5. The van der Waals surface area contributed by atoms with Crippen LogP contribution in [0.2, 0.25) is 5.02 Å². The Morgan fingerprint density at radius 2 is 2.12 bits per heavy atom. The molecular formula is C13H9ClN2O. The van der Waals surface area contributed by atoms with Crippen LogP contribution in [0.1, 0.15) is 5.56 Å². The van der Waals surface area contributed by atoms with Crippen LogP contribution in [0.4, 0.5) is 0 Å². The summed E-state index contributed by atoms with van der Waals surface area (Å²) in [6, 6.07) is 7.02. The maximum absolute atomic E-state index is 5.95. The molecule has 0 aliphatic heterocycles. The second kappa shape index (κ2) is 4.86. The van der Waals surface area contributed by atoms with Gasteiger partial charge >= 0.3 is 0 Å². The van der Waals surface area contributed by atoms with E-state index in [0.717, 1.165) is 11.1 Å². The molecule has 0 atom stereocenters. The average Bonchev–Trinajstić information content (AvgIpc) is 2.39. The van der Waals surface area contributed by atoms with Gasteiger partial charge in [-0.2, -0.15) is 0 Å². The Bertz CT molecular complexity index is 590. The van der Waals surface area contributed by atoms with E-state index in [4.69, 9.17) is 22.8 Å². The van der Waals surface area contributed by atoms with Crippen molar-refractivity contribution < 1.29 is 4.74 Å². The van der Waals surface area contributed by atoms with Crippen molar-refractivity contribution >= 4 is 11.6 Å². The Kier molecular flexibility index (Phi) is 3.27. The standard InChI is InChI=1S/C13H9ClN2O/c1-3-9-4-5-10(14)6-11(9)12-7-13(17-2)16-8-15-12/h1,4-8H,2H3. The summed E-state index contributed by atoms with van der Waals surface area (Å²) in [6.07, 6.45) is 6.87. The molecule has 0 saturated heterocycles. The highest BCUT2D eigenvalue weighted by Gasteiger charge is 2.07. The third-order valence-corrected chi connectivity index (χ3v) is 2.50. The summed E-state index contributed by atoms with van der Waals surface area (Å²) < 4.78 is 5.04. The quantitative estimate of drug-likeness (QED) is 0.762. The van der Waals surface area contributed by atoms with Gasteiger partial charge in [-0.1, -0.05) is 17.5 Å². The van der Waals surface area contributed by atoms with Crippen LogP contribution in [0.3, 0.4) is 0 Å². The largest absolute Gasteiger partial charge is 0.481 e. The molecule has 0 unspecified atom stereocenters. The minimum atomic E-state index is 0.484. The van der Waals surface area contributed by atoms with Crippen molar-refractivity contribution in [3.63, 3.8) is 0 Å². The molecule has 1 heterocycles. The summed E-state index contributed by atoms with van der Waals surface area (Å²) in [4.78, 5) is 8.11. The zero-order valence-electron chi connectivity index (χ0n) is 9.14. The first kappa shape index (κ1) is 11.4. The minimum absolute atomic E-state index is 0.484. The van der Waals surface area contributed by atoms with Crippen molar-refractivity contribution in [3.8, 4) is 29.5 Å². The highest BCUT2D eigenvalue weighted by molar-refractivity contribution is 6.30. The Balaban J connectivity index is 2.59. The molecular weight excluding hydrogens is 236 g/mol. The number of rotatable bonds is 2. The molecule has 0 radical (unpaired) electrons.